The second-order valence-electron chi connectivity index (χ2n) is 5.93. The summed E-state index contributed by atoms with van der Waals surface area (Å²) < 4.78 is 6.97. The fourth-order valence-electron chi connectivity index (χ4n) is 2.39. The fraction of sp³-hybridized carbons (Fsp3) is 0.444. The van der Waals surface area contributed by atoms with E-state index in [-0.39, 0.29) is 12.5 Å². The summed E-state index contributed by atoms with van der Waals surface area (Å²) >= 11 is 0. The first-order valence-corrected chi connectivity index (χ1v) is 8.13. The zero-order valence-corrected chi connectivity index (χ0v) is 14.7. The van der Waals surface area contributed by atoms with Gasteiger partial charge < -0.3 is 15.2 Å². The number of nitrogens with zero attached hydrogens (tertiary/aromatic N) is 2. The molecule has 1 amide bonds. The number of aryl methyl sites for hydroxylation is 1. The van der Waals surface area contributed by atoms with Crippen molar-refractivity contribution in [3.05, 3.63) is 41.7 Å². The molecule has 0 aliphatic rings. The van der Waals surface area contributed by atoms with Gasteiger partial charge in [-0.15, -0.1) is 0 Å². The van der Waals surface area contributed by atoms with E-state index in [4.69, 9.17) is 4.74 Å². The lowest BCUT2D eigenvalue weighted by atomic mass is 9.97. The topological polar surface area (TPSA) is 76.4 Å². The Morgan fingerprint density at radius 3 is 2.67 bits per heavy atom. The number of aliphatic hydroxyl groups is 1. The molecule has 6 heteroatoms. The van der Waals surface area contributed by atoms with Crippen molar-refractivity contribution in [1.29, 1.82) is 0 Å². The van der Waals surface area contributed by atoms with Crippen LogP contribution in [0.1, 0.15) is 42.7 Å². The third kappa shape index (κ3) is 3.94. The third-order valence-corrected chi connectivity index (χ3v) is 4.30. The Bertz CT molecular complexity index is 705. The van der Waals surface area contributed by atoms with Crippen molar-refractivity contribution in [2.45, 2.75) is 39.2 Å². The summed E-state index contributed by atoms with van der Waals surface area (Å²) in [6.07, 6.45) is 2.88. The number of benzene rings is 1. The van der Waals surface area contributed by atoms with Crippen LogP contribution in [0.5, 0.6) is 5.75 Å². The summed E-state index contributed by atoms with van der Waals surface area (Å²) in [5.74, 6) is 0.377. The van der Waals surface area contributed by atoms with Crippen molar-refractivity contribution in [3.8, 4) is 11.4 Å². The van der Waals surface area contributed by atoms with Gasteiger partial charge in [0, 0.05) is 12.7 Å². The highest BCUT2D eigenvalue weighted by Gasteiger charge is 2.23. The highest BCUT2D eigenvalue weighted by molar-refractivity contribution is 5.92. The molecular weight excluding hydrogens is 306 g/mol. The van der Waals surface area contributed by atoms with Crippen molar-refractivity contribution in [3.63, 3.8) is 0 Å². The lowest BCUT2D eigenvalue weighted by Crippen LogP contribution is -2.42. The van der Waals surface area contributed by atoms with Gasteiger partial charge in [-0.25, -0.2) is 4.68 Å². The zero-order valence-electron chi connectivity index (χ0n) is 14.7. The van der Waals surface area contributed by atoms with Crippen LogP contribution >= 0.6 is 0 Å². The van der Waals surface area contributed by atoms with Crippen molar-refractivity contribution >= 4 is 5.91 Å². The van der Waals surface area contributed by atoms with Crippen LogP contribution < -0.4 is 10.1 Å². The summed E-state index contributed by atoms with van der Waals surface area (Å²) in [5, 5.41) is 17.3. The summed E-state index contributed by atoms with van der Waals surface area (Å²) in [4.78, 5) is 12.3. The smallest absolute Gasteiger partial charge is 0.271 e. The van der Waals surface area contributed by atoms with Crippen molar-refractivity contribution in [1.82, 2.24) is 15.1 Å². The molecule has 1 aromatic heterocycles. The van der Waals surface area contributed by atoms with E-state index in [1.165, 1.54) is 0 Å². The number of nitrogens with one attached hydrogen (secondary N) is 1. The van der Waals surface area contributed by atoms with Gasteiger partial charge in [0.25, 0.3) is 5.91 Å². The quantitative estimate of drug-likeness (QED) is 0.817. The average molecular weight is 331 g/mol. The SMILES string of the molecule is CCC(O)(CC)CNC(=O)c1ccn(-c2cc(C)ccc2OC)n1. The maximum atomic E-state index is 12.3. The third-order valence-electron chi connectivity index (χ3n) is 4.30. The lowest BCUT2D eigenvalue weighted by Gasteiger charge is -2.25. The van der Waals surface area contributed by atoms with E-state index in [2.05, 4.69) is 10.4 Å². The Labute approximate surface area is 142 Å². The Balaban J connectivity index is 2.16. The number of methoxy groups -OCH3 is 1. The summed E-state index contributed by atoms with van der Waals surface area (Å²) in [5.41, 5.74) is 1.27. The lowest BCUT2D eigenvalue weighted by molar-refractivity contribution is 0.0313. The molecular formula is C18H25N3O3. The van der Waals surface area contributed by atoms with Gasteiger partial charge in [-0.05, 0) is 43.5 Å². The van der Waals surface area contributed by atoms with E-state index >= 15 is 0 Å². The molecule has 6 nitrogen and oxygen atoms in total. The molecule has 0 saturated carbocycles. The minimum absolute atomic E-state index is 0.208. The summed E-state index contributed by atoms with van der Waals surface area (Å²) in [7, 11) is 1.60. The van der Waals surface area contributed by atoms with Crippen LogP contribution in [0.4, 0.5) is 0 Å². The largest absolute Gasteiger partial charge is 0.494 e. The molecule has 2 aromatic rings. The molecule has 0 atom stereocenters. The highest BCUT2D eigenvalue weighted by Crippen LogP contribution is 2.23. The van der Waals surface area contributed by atoms with Gasteiger partial charge in [-0.1, -0.05) is 19.9 Å². The molecule has 24 heavy (non-hydrogen) atoms. The first-order valence-electron chi connectivity index (χ1n) is 8.13. The number of hydrogen-bond donors (Lipinski definition) is 2. The first kappa shape index (κ1) is 18.0. The van der Waals surface area contributed by atoms with Gasteiger partial charge in [0.15, 0.2) is 5.69 Å². The molecule has 0 unspecified atom stereocenters. The van der Waals surface area contributed by atoms with Crippen LogP contribution in [0.15, 0.2) is 30.5 Å². The molecule has 1 aromatic carbocycles. The van der Waals surface area contributed by atoms with Gasteiger partial charge in [-0.3, -0.25) is 4.79 Å². The Morgan fingerprint density at radius 1 is 1.33 bits per heavy atom. The highest BCUT2D eigenvalue weighted by atomic mass is 16.5. The number of carbonyl (C=O) groups is 1. The van der Waals surface area contributed by atoms with Crippen LogP contribution in [-0.2, 0) is 0 Å². The van der Waals surface area contributed by atoms with Gasteiger partial charge >= 0.3 is 0 Å². The molecule has 0 bridgehead atoms. The Morgan fingerprint density at radius 2 is 2.04 bits per heavy atom. The molecule has 0 spiro atoms. The number of aromatic nitrogens is 2. The standard InChI is InChI=1S/C18H25N3O3/c1-5-18(23,6-2)12-19-17(22)14-9-10-21(20-14)15-11-13(3)7-8-16(15)24-4/h7-11,23H,5-6,12H2,1-4H3,(H,19,22). The van der Waals surface area contributed by atoms with Gasteiger partial charge in [0.2, 0.25) is 0 Å². The fourth-order valence-corrected chi connectivity index (χ4v) is 2.39. The normalized spacial score (nSPS) is 11.4. The Kier molecular flexibility index (Phi) is 5.62. The van der Waals surface area contributed by atoms with E-state index in [0.29, 0.717) is 24.3 Å². The predicted octanol–water partition coefficient (Wildman–Crippen LogP) is 2.47. The van der Waals surface area contributed by atoms with Crippen LogP contribution in [0.2, 0.25) is 0 Å². The number of hydrogen-bond acceptors (Lipinski definition) is 4. The second-order valence-corrected chi connectivity index (χ2v) is 5.93. The number of amides is 1. The summed E-state index contributed by atoms with van der Waals surface area (Å²) in [6, 6.07) is 7.42. The van der Waals surface area contributed by atoms with Gasteiger partial charge in [-0.2, -0.15) is 5.10 Å². The summed E-state index contributed by atoms with van der Waals surface area (Å²) in [6.45, 7) is 5.98. The van der Waals surface area contributed by atoms with Crippen molar-refractivity contribution in [2.24, 2.45) is 0 Å². The van der Waals surface area contributed by atoms with Crippen LogP contribution in [0.25, 0.3) is 5.69 Å². The minimum atomic E-state index is -0.877. The van der Waals surface area contributed by atoms with E-state index in [9.17, 15) is 9.90 Å². The Hall–Kier alpha value is -2.34. The monoisotopic (exact) mass is 331 g/mol. The van der Waals surface area contributed by atoms with E-state index in [0.717, 1.165) is 11.3 Å². The second kappa shape index (κ2) is 7.49. The average Bonchev–Trinajstić information content (AvgIpc) is 3.09. The van der Waals surface area contributed by atoms with Crippen molar-refractivity contribution < 1.29 is 14.6 Å². The van der Waals surface area contributed by atoms with Gasteiger partial charge in [0.05, 0.1) is 12.7 Å². The van der Waals surface area contributed by atoms with Crippen LogP contribution in [0.3, 0.4) is 0 Å². The molecule has 2 rings (SSSR count). The molecule has 0 saturated heterocycles. The van der Waals surface area contributed by atoms with E-state index in [1.807, 2.05) is 39.0 Å². The number of ether oxygens (including phenoxy) is 1. The molecule has 0 radical (unpaired) electrons. The molecule has 0 aliphatic carbocycles. The molecule has 1 heterocycles. The maximum Gasteiger partial charge on any atom is 0.271 e. The first-order chi connectivity index (χ1) is 11.4. The number of rotatable bonds is 7. The van der Waals surface area contributed by atoms with E-state index < -0.39 is 5.60 Å². The maximum absolute atomic E-state index is 12.3. The predicted molar refractivity (Wildman–Crippen MR) is 92.7 cm³/mol. The molecule has 130 valence electrons. The van der Waals surface area contributed by atoms with Crippen LogP contribution in [0, 0.1) is 6.92 Å². The molecule has 2 N–H and O–H groups in total. The van der Waals surface area contributed by atoms with E-state index in [1.54, 1.807) is 24.1 Å². The zero-order chi connectivity index (χ0) is 17.7. The minimum Gasteiger partial charge on any atom is -0.494 e. The molecule has 0 fully saturated rings. The van der Waals surface area contributed by atoms with Gasteiger partial charge in [0.1, 0.15) is 11.4 Å². The van der Waals surface area contributed by atoms with Crippen molar-refractivity contribution in [2.75, 3.05) is 13.7 Å². The molecule has 0 aliphatic heterocycles. The number of carbonyl (C=O) groups excluding carboxylic acids is 1. The van der Waals surface area contributed by atoms with Crippen LogP contribution in [-0.4, -0.2) is 40.0 Å².